The summed E-state index contributed by atoms with van der Waals surface area (Å²) >= 11 is 0. The van der Waals surface area contributed by atoms with Crippen LogP contribution in [0.4, 0.5) is 5.69 Å². The van der Waals surface area contributed by atoms with Gasteiger partial charge in [-0.1, -0.05) is 24.8 Å². The molecule has 0 radical (unpaired) electrons. The Labute approximate surface area is 77.5 Å². The van der Waals surface area contributed by atoms with Gasteiger partial charge in [-0.2, -0.15) is 0 Å². The molecule has 0 aliphatic carbocycles. The normalized spacial score (nSPS) is 10.2. The molecule has 0 bridgehead atoms. The van der Waals surface area contributed by atoms with Gasteiger partial charge in [0, 0.05) is 6.07 Å². The van der Waals surface area contributed by atoms with Crippen molar-refractivity contribution in [2.24, 2.45) is 0 Å². The van der Waals surface area contributed by atoms with E-state index in [4.69, 9.17) is 0 Å². The van der Waals surface area contributed by atoms with Crippen molar-refractivity contribution in [2.45, 2.75) is 0 Å². The van der Waals surface area contributed by atoms with Gasteiger partial charge >= 0.3 is 0 Å². The second-order valence-electron chi connectivity index (χ2n) is 3.15. The Morgan fingerprint density at radius 2 is 1.69 bits per heavy atom. The monoisotopic (exact) mass is 170 g/mol. The average Bonchev–Trinajstić information content (AvgIpc) is 2.17. The summed E-state index contributed by atoms with van der Waals surface area (Å²) < 4.78 is 0. The Morgan fingerprint density at radius 1 is 1.00 bits per heavy atom. The van der Waals surface area contributed by atoms with Crippen LogP contribution in [0.1, 0.15) is 5.56 Å². The zero-order chi connectivity index (χ0) is 9.26. The molecule has 2 aromatic carbocycles. The van der Waals surface area contributed by atoms with Gasteiger partial charge in [0.2, 0.25) is 0 Å². The van der Waals surface area contributed by atoms with Crippen LogP contribution in [0.15, 0.2) is 43.0 Å². The molecule has 2 rings (SSSR count). The van der Waals surface area contributed by atoms with Crippen molar-refractivity contribution in [2.75, 3.05) is 0 Å². The van der Waals surface area contributed by atoms with E-state index in [0.717, 1.165) is 11.3 Å². The third-order valence-corrected chi connectivity index (χ3v) is 2.16. The summed E-state index contributed by atoms with van der Waals surface area (Å²) in [5, 5.41) is 2.47. The van der Waals surface area contributed by atoms with Crippen molar-refractivity contribution < 1.29 is 5.73 Å². The number of benzene rings is 2. The van der Waals surface area contributed by atoms with Gasteiger partial charge in [-0.15, -0.1) is 0 Å². The highest BCUT2D eigenvalue weighted by atomic mass is 14.5. The summed E-state index contributed by atoms with van der Waals surface area (Å²) in [6.07, 6.45) is 1.86. The van der Waals surface area contributed by atoms with Crippen LogP contribution < -0.4 is 5.73 Å². The van der Waals surface area contributed by atoms with Crippen LogP contribution in [0.5, 0.6) is 0 Å². The van der Waals surface area contributed by atoms with Crippen molar-refractivity contribution in [3.05, 3.63) is 48.5 Å². The molecule has 0 unspecified atom stereocenters. The second kappa shape index (κ2) is 3.04. The minimum Gasteiger partial charge on any atom is -0.325 e. The van der Waals surface area contributed by atoms with Crippen molar-refractivity contribution in [1.82, 2.24) is 0 Å². The van der Waals surface area contributed by atoms with E-state index in [2.05, 4.69) is 42.6 Å². The maximum Gasteiger partial charge on any atom is 0.128 e. The fourth-order valence-electron chi connectivity index (χ4n) is 1.44. The van der Waals surface area contributed by atoms with Crippen molar-refractivity contribution in [3.8, 4) is 0 Å². The molecule has 0 aliphatic rings. The Kier molecular flexibility index (Phi) is 1.87. The molecule has 0 aromatic heterocycles. The number of rotatable bonds is 1. The maximum atomic E-state index is 3.89. The summed E-state index contributed by atoms with van der Waals surface area (Å²) in [5.41, 5.74) is 6.10. The first-order chi connectivity index (χ1) is 6.29. The molecular weight excluding hydrogens is 158 g/mol. The molecule has 0 heterocycles. The molecule has 13 heavy (non-hydrogen) atoms. The Morgan fingerprint density at radius 3 is 2.46 bits per heavy atom. The molecule has 0 saturated heterocycles. The third kappa shape index (κ3) is 1.46. The lowest BCUT2D eigenvalue weighted by Crippen LogP contribution is -2.39. The number of fused-ring (bicyclic) bond motifs is 1. The molecule has 0 aliphatic heterocycles. The molecular formula is C12H12N+. The van der Waals surface area contributed by atoms with E-state index in [0.29, 0.717) is 0 Å². The number of hydrogen-bond acceptors (Lipinski definition) is 0. The Balaban J connectivity index is 2.73. The highest BCUT2D eigenvalue weighted by Crippen LogP contribution is 2.18. The molecule has 0 atom stereocenters. The van der Waals surface area contributed by atoms with Gasteiger partial charge in [0.05, 0.1) is 0 Å². The van der Waals surface area contributed by atoms with Crippen LogP contribution in [0.25, 0.3) is 16.8 Å². The zero-order valence-electron chi connectivity index (χ0n) is 7.46. The van der Waals surface area contributed by atoms with Crippen LogP contribution in [-0.2, 0) is 0 Å². The van der Waals surface area contributed by atoms with Crippen LogP contribution in [0.3, 0.4) is 0 Å². The van der Waals surface area contributed by atoms with Crippen molar-refractivity contribution in [3.63, 3.8) is 0 Å². The van der Waals surface area contributed by atoms with Crippen molar-refractivity contribution in [1.29, 1.82) is 0 Å². The molecule has 0 saturated carbocycles. The second-order valence-corrected chi connectivity index (χ2v) is 3.15. The first-order valence-electron chi connectivity index (χ1n) is 4.28. The van der Waals surface area contributed by atoms with Gasteiger partial charge in [0.1, 0.15) is 5.69 Å². The molecule has 2 aromatic rings. The van der Waals surface area contributed by atoms with Gasteiger partial charge in [-0.05, 0) is 34.5 Å². The van der Waals surface area contributed by atoms with Crippen LogP contribution in [0.2, 0.25) is 0 Å². The Hall–Kier alpha value is -1.60. The number of quaternary nitrogens is 1. The van der Waals surface area contributed by atoms with Crippen LogP contribution >= 0.6 is 0 Å². The van der Waals surface area contributed by atoms with Gasteiger partial charge < -0.3 is 5.73 Å². The first-order valence-corrected chi connectivity index (χ1v) is 4.28. The van der Waals surface area contributed by atoms with E-state index in [1.807, 2.05) is 12.1 Å². The van der Waals surface area contributed by atoms with E-state index in [-0.39, 0.29) is 0 Å². The molecule has 64 valence electrons. The highest BCUT2D eigenvalue weighted by molar-refractivity contribution is 5.86. The summed E-state index contributed by atoms with van der Waals surface area (Å²) in [6.45, 7) is 3.74. The average molecular weight is 170 g/mol. The smallest absolute Gasteiger partial charge is 0.128 e. The zero-order valence-corrected chi connectivity index (χ0v) is 7.46. The molecule has 0 amide bonds. The molecule has 0 spiro atoms. The largest absolute Gasteiger partial charge is 0.325 e. The maximum absolute atomic E-state index is 3.89. The lowest BCUT2D eigenvalue weighted by Gasteiger charge is -1.98. The van der Waals surface area contributed by atoms with Gasteiger partial charge in [-0.3, -0.25) is 0 Å². The fourth-order valence-corrected chi connectivity index (χ4v) is 1.44. The molecule has 0 fully saturated rings. The van der Waals surface area contributed by atoms with E-state index in [1.165, 1.54) is 10.8 Å². The van der Waals surface area contributed by atoms with Gasteiger partial charge in [-0.25, -0.2) is 0 Å². The van der Waals surface area contributed by atoms with Crippen LogP contribution in [-0.4, -0.2) is 0 Å². The van der Waals surface area contributed by atoms with E-state index in [9.17, 15) is 0 Å². The van der Waals surface area contributed by atoms with Crippen LogP contribution in [0, 0.1) is 0 Å². The van der Waals surface area contributed by atoms with E-state index < -0.39 is 0 Å². The highest BCUT2D eigenvalue weighted by Gasteiger charge is 1.95. The quantitative estimate of drug-likeness (QED) is 0.680. The lowest BCUT2D eigenvalue weighted by molar-refractivity contribution is -0.254. The third-order valence-electron chi connectivity index (χ3n) is 2.16. The standard InChI is InChI=1S/C12H11N/c1-2-9-3-4-11-8-12(13)6-5-10(11)7-9/h2-8H,1,13H2/p+1. The summed E-state index contributed by atoms with van der Waals surface area (Å²) in [4.78, 5) is 0. The fraction of sp³-hybridized carbons (Fsp3) is 0. The molecule has 1 heteroatoms. The minimum absolute atomic E-state index is 1.05. The lowest BCUT2D eigenvalue weighted by atomic mass is 10.1. The predicted octanol–water partition coefficient (Wildman–Crippen LogP) is 2.36. The van der Waals surface area contributed by atoms with Gasteiger partial charge in [0.25, 0.3) is 0 Å². The van der Waals surface area contributed by atoms with E-state index >= 15 is 0 Å². The summed E-state index contributed by atoms with van der Waals surface area (Å²) in [6, 6.07) is 12.5. The SMILES string of the molecule is C=Cc1ccc2cc([NH3+])ccc2c1. The topological polar surface area (TPSA) is 27.6 Å². The Bertz CT molecular complexity index is 458. The van der Waals surface area contributed by atoms with E-state index in [1.54, 1.807) is 0 Å². The predicted molar refractivity (Wildman–Crippen MR) is 56.6 cm³/mol. The van der Waals surface area contributed by atoms with Gasteiger partial charge in [0.15, 0.2) is 0 Å². The molecule has 1 nitrogen and oxygen atoms in total. The first kappa shape index (κ1) is 8.02. The summed E-state index contributed by atoms with van der Waals surface area (Å²) in [7, 11) is 0. The molecule has 3 N–H and O–H groups in total. The van der Waals surface area contributed by atoms with Crippen molar-refractivity contribution >= 4 is 22.5 Å². The minimum atomic E-state index is 1.05. The summed E-state index contributed by atoms with van der Waals surface area (Å²) in [5.74, 6) is 0. The number of hydrogen-bond donors (Lipinski definition) is 1.